The molecule has 2 aromatic rings. The van der Waals surface area contributed by atoms with Gasteiger partial charge < -0.3 is 4.74 Å². The summed E-state index contributed by atoms with van der Waals surface area (Å²) in [5.41, 5.74) is 6.94. The number of hydrogen-bond donors (Lipinski definition) is 1. The summed E-state index contributed by atoms with van der Waals surface area (Å²) in [5.74, 6) is -0.424. The Morgan fingerprint density at radius 2 is 2.00 bits per heavy atom. The number of fused-ring (bicyclic) bond motifs is 3. The quantitative estimate of drug-likeness (QED) is 0.761. The van der Waals surface area contributed by atoms with Crippen molar-refractivity contribution in [3.05, 3.63) is 75.5 Å². The lowest BCUT2D eigenvalue weighted by Crippen LogP contribution is -2.42. The number of rotatable bonds is 3. The summed E-state index contributed by atoms with van der Waals surface area (Å²) in [5, 5.41) is 4.87. The number of anilines is 1. The van der Waals surface area contributed by atoms with Crippen LogP contribution < -0.4 is 10.5 Å². The van der Waals surface area contributed by atoms with E-state index in [0.717, 1.165) is 23.4 Å². The molecule has 0 spiro atoms. The Labute approximate surface area is 172 Å². The molecule has 1 N–H and O–H groups in total. The minimum Gasteiger partial charge on any atom is -0.434 e. The van der Waals surface area contributed by atoms with Gasteiger partial charge in [-0.2, -0.15) is 0 Å². The first-order valence-corrected chi connectivity index (χ1v) is 9.58. The summed E-state index contributed by atoms with van der Waals surface area (Å²) in [6.45, 7) is 4.10. The molecule has 2 aliphatic rings. The van der Waals surface area contributed by atoms with Crippen LogP contribution in [-0.4, -0.2) is 29.5 Å². The highest BCUT2D eigenvalue weighted by Crippen LogP contribution is 2.36. The summed E-state index contributed by atoms with van der Waals surface area (Å²) in [6.07, 6.45) is 1.05. The van der Waals surface area contributed by atoms with E-state index in [9.17, 15) is 4.79 Å². The maximum Gasteiger partial charge on any atom is 0.304 e. The van der Waals surface area contributed by atoms with Crippen LogP contribution in [-0.2, 0) is 9.53 Å². The molecule has 2 aliphatic heterocycles. The van der Waals surface area contributed by atoms with E-state index in [1.165, 1.54) is 6.92 Å². The Morgan fingerprint density at radius 3 is 2.71 bits per heavy atom. The first kappa shape index (κ1) is 18.8. The molecule has 0 fully saturated rings. The molecule has 2 aromatic carbocycles. The third-order valence-corrected chi connectivity index (χ3v) is 5.04. The number of carbonyl (C=O) groups excluding carboxylic acids is 1. The zero-order valence-electron chi connectivity index (χ0n) is 15.3. The van der Waals surface area contributed by atoms with Gasteiger partial charge in [0.25, 0.3) is 0 Å². The van der Waals surface area contributed by atoms with Crippen LogP contribution >= 0.6 is 23.2 Å². The summed E-state index contributed by atoms with van der Waals surface area (Å²) >= 11 is 12.8. The molecule has 28 heavy (non-hydrogen) atoms. The van der Waals surface area contributed by atoms with E-state index in [4.69, 9.17) is 32.9 Å². The van der Waals surface area contributed by atoms with Crippen molar-refractivity contribution in [2.45, 2.75) is 20.1 Å². The second-order valence-corrected chi connectivity index (χ2v) is 7.20. The normalized spacial score (nSPS) is 18.1. The van der Waals surface area contributed by atoms with Gasteiger partial charge in [0.15, 0.2) is 0 Å². The number of hydrogen-bond acceptors (Lipinski definition) is 6. The summed E-state index contributed by atoms with van der Waals surface area (Å²) in [7, 11) is 0. The van der Waals surface area contributed by atoms with Crippen molar-refractivity contribution in [1.29, 1.82) is 0 Å². The fourth-order valence-electron chi connectivity index (χ4n) is 3.22. The standard InChI is InChI=1S/C20H18Cl2N4O2/c1-3-25-11-18-20(28-12(2)27)23-19(14-6-4-5-7-16(14)22)15-10-13(21)8-9-17(15)26(18)24-25/h4-11,20,24H,3H2,1-2H3. The highest BCUT2D eigenvalue weighted by molar-refractivity contribution is 6.36. The molecule has 8 heteroatoms. The number of nitrogens with zero attached hydrogens (tertiary/aromatic N) is 3. The van der Waals surface area contributed by atoms with Crippen molar-refractivity contribution in [2.75, 3.05) is 11.6 Å². The largest absolute Gasteiger partial charge is 0.434 e. The molecular formula is C20H18Cl2N4O2. The van der Waals surface area contributed by atoms with Crippen LogP contribution in [0.25, 0.3) is 0 Å². The first-order valence-electron chi connectivity index (χ1n) is 8.82. The van der Waals surface area contributed by atoms with E-state index in [0.29, 0.717) is 21.5 Å². The number of carbonyl (C=O) groups is 1. The smallest absolute Gasteiger partial charge is 0.304 e. The van der Waals surface area contributed by atoms with Gasteiger partial charge in [-0.1, -0.05) is 41.4 Å². The van der Waals surface area contributed by atoms with Crippen LogP contribution in [0.5, 0.6) is 0 Å². The van der Waals surface area contributed by atoms with Gasteiger partial charge in [0.2, 0.25) is 6.23 Å². The fourth-order valence-corrected chi connectivity index (χ4v) is 3.62. The van der Waals surface area contributed by atoms with Gasteiger partial charge in [0.05, 0.1) is 11.4 Å². The number of ether oxygens (including phenoxy) is 1. The van der Waals surface area contributed by atoms with Gasteiger partial charge in [-0.3, -0.25) is 14.8 Å². The molecule has 2 heterocycles. The fraction of sp³-hybridized carbons (Fsp3) is 0.200. The van der Waals surface area contributed by atoms with Gasteiger partial charge in [-0.05, 0) is 31.2 Å². The molecule has 0 bridgehead atoms. The molecule has 144 valence electrons. The van der Waals surface area contributed by atoms with Crippen LogP contribution in [0.4, 0.5) is 5.69 Å². The SMILES string of the molecule is CCN1C=C2C(OC(C)=O)N=C(c3ccccc3Cl)c3cc(Cl)ccc3N2N1. The molecule has 1 atom stereocenters. The van der Waals surface area contributed by atoms with Crippen molar-refractivity contribution < 1.29 is 9.53 Å². The van der Waals surface area contributed by atoms with Gasteiger partial charge in [0.1, 0.15) is 5.70 Å². The zero-order chi connectivity index (χ0) is 19.8. The summed E-state index contributed by atoms with van der Waals surface area (Å²) in [6, 6.07) is 13.0. The van der Waals surface area contributed by atoms with E-state index in [2.05, 4.69) is 5.53 Å². The van der Waals surface area contributed by atoms with E-state index in [1.807, 2.05) is 59.5 Å². The molecule has 0 saturated carbocycles. The highest BCUT2D eigenvalue weighted by atomic mass is 35.5. The lowest BCUT2D eigenvalue weighted by molar-refractivity contribution is -0.144. The van der Waals surface area contributed by atoms with E-state index >= 15 is 0 Å². The maximum atomic E-state index is 11.8. The van der Waals surface area contributed by atoms with Crippen LogP contribution in [0.1, 0.15) is 25.0 Å². The zero-order valence-corrected chi connectivity index (χ0v) is 16.8. The highest BCUT2D eigenvalue weighted by Gasteiger charge is 2.35. The summed E-state index contributed by atoms with van der Waals surface area (Å²) in [4.78, 5) is 16.6. The Morgan fingerprint density at radius 1 is 1.21 bits per heavy atom. The predicted octanol–water partition coefficient (Wildman–Crippen LogP) is 4.14. The average molecular weight is 417 g/mol. The van der Waals surface area contributed by atoms with Crippen LogP contribution in [0.15, 0.2) is 59.4 Å². The molecule has 0 aromatic heterocycles. The summed E-state index contributed by atoms with van der Waals surface area (Å²) < 4.78 is 5.55. The molecule has 4 rings (SSSR count). The minimum atomic E-state index is -0.834. The van der Waals surface area contributed by atoms with Crippen molar-refractivity contribution in [3.8, 4) is 0 Å². The third-order valence-electron chi connectivity index (χ3n) is 4.48. The maximum absolute atomic E-state index is 11.8. The molecule has 1 unspecified atom stereocenters. The number of hydrazine groups is 2. The molecule has 0 aliphatic carbocycles. The average Bonchev–Trinajstić information content (AvgIpc) is 3.05. The second kappa shape index (κ2) is 7.47. The van der Waals surface area contributed by atoms with Gasteiger partial charge in [-0.15, -0.1) is 5.53 Å². The van der Waals surface area contributed by atoms with Crippen molar-refractivity contribution in [1.82, 2.24) is 10.5 Å². The van der Waals surface area contributed by atoms with Crippen LogP contribution in [0.3, 0.4) is 0 Å². The van der Waals surface area contributed by atoms with Gasteiger partial charge >= 0.3 is 5.97 Å². The predicted molar refractivity (Wildman–Crippen MR) is 110 cm³/mol. The monoisotopic (exact) mass is 416 g/mol. The van der Waals surface area contributed by atoms with Crippen molar-refractivity contribution in [3.63, 3.8) is 0 Å². The second-order valence-electron chi connectivity index (χ2n) is 6.36. The molecule has 0 radical (unpaired) electrons. The van der Waals surface area contributed by atoms with Gasteiger partial charge in [-0.25, -0.2) is 4.99 Å². The number of benzene rings is 2. The minimum absolute atomic E-state index is 0.424. The third kappa shape index (κ3) is 3.35. The topological polar surface area (TPSA) is 57.2 Å². The Bertz CT molecular complexity index is 1010. The number of halogens is 2. The van der Waals surface area contributed by atoms with Crippen LogP contribution in [0.2, 0.25) is 10.0 Å². The lowest BCUT2D eigenvalue weighted by atomic mass is 10.0. The first-order chi connectivity index (χ1) is 13.5. The van der Waals surface area contributed by atoms with Crippen molar-refractivity contribution >= 4 is 40.6 Å². The molecule has 0 amide bonds. The Hall–Kier alpha value is -2.54. The lowest BCUT2D eigenvalue weighted by Gasteiger charge is -2.26. The number of nitrogens with one attached hydrogen (secondary N) is 1. The van der Waals surface area contributed by atoms with E-state index in [-0.39, 0.29) is 0 Å². The van der Waals surface area contributed by atoms with Crippen LogP contribution in [0, 0.1) is 0 Å². The Kier molecular flexibility index (Phi) is 5.02. The molecule has 0 saturated heterocycles. The van der Waals surface area contributed by atoms with Crippen molar-refractivity contribution in [2.24, 2.45) is 4.99 Å². The van der Waals surface area contributed by atoms with Gasteiger partial charge in [0, 0.05) is 40.8 Å². The number of aliphatic imine (C=N–C) groups is 1. The number of esters is 1. The molecule has 6 nitrogen and oxygen atoms in total. The van der Waals surface area contributed by atoms with E-state index in [1.54, 1.807) is 6.07 Å². The Balaban J connectivity index is 1.97. The van der Waals surface area contributed by atoms with E-state index < -0.39 is 12.2 Å². The molecular weight excluding hydrogens is 399 g/mol.